The van der Waals surface area contributed by atoms with Gasteiger partial charge >= 0.3 is 6.09 Å². The van der Waals surface area contributed by atoms with E-state index in [4.69, 9.17) is 9.57 Å². The van der Waals surface area contributed by atoms with Crippen molar-refractivity contribution in [1.29, 1.82) is 0 Å². The molecule has 0 radical (unpaired) electrons. The number of oxime groups is 1. The van der Waals surface area contributed by atoms with Gasteiger partial charge in [-0.25, -0.2) is 9.10 Å². The maximum absolute atomic E-state index is 11.9. The fourth-order valence-electron chi connectivity index (χ4n) is 2.13. The van der Waals surface area contributed by atoms with Crippen molar-refractivity contribution >= 4 is 45.4 Å². The summed E-state index contributed by atoms with van der Waals surface area (Å²) in [7, 11) is 1.36. The number of carbonyl (C=O) groups is 1. The molecule has 0 fully saturated rings. The predicted octanol–water partition coefficient (Wildman–Crippen LogP) is 5.24. The highest BCUT2D eigenvalue weighted by Crippen LogP contribution is 2.27. The zero-order chi connectivity index (χ0) is 18.2. The third-order valence-electron chi connectivity index (χ3n) is 3.42. The Labute approximate surface area is 160 Å². The van der Waals surface area contributed by atoms with Crippen molar-refractivity contribution < 1.29 is 14.4 Å². The number of para-hydroxylation sites is 1. The van der Waals surface area contributed by atoms with E-state index in [2.05, 4.69) is 21.1 Å². The standard InChI is InChI=1S/C18H19BrN2O3S/c1-13(14-8-10-16(19)11-9-14)20-24-12-15-6-4-5-7-17(15)21(25-3)18(22)23-2/h4-11H,12H2,1-3H3. The van der Waals surface area contributed by atoms with Crippen LogP contribution in [0.1, 0.15) is 18.1 Å². The Bertz CT molecular complexity index is 750. The summed E-state index contributed by atoms with van der Waals surface area (Å²) < 4.78 is 7.31. The van der Waals surface area contributed by atoms with Crippen LogP contribution in [0.2, 0.25) is 0 Å². The van der Waals surface area contributed by atoms with Crippen LogP contribution in [0.4, 0.5) is 10.5 Å². The van der Waals surface area contributed by atoms with Crippen molar-refractivity contribution in [3.05, 3.63) is 64.1 Å². The van der Waals surface area contributed by atoms with Crippen LogP contribution in [0.25, 0.3) is 0 Å². The maximum Gasteiger partial charge on any atom is 0.424 e. The van der Waals surface area contributed by atoms with E-state index in [1.807, 2.05) is 61.7 Å². The minimum atomic E-state index is -0.436. The van der Waals surface area contributed by atoms with Crippen LogP contribution in [-0.4, -0.2) is 25.2 Å². The Kier molecular flexibility index (Phi) is 7.33. The second-order valence-electron chi connectivity index (χ2n) is 5.03. The van der Waals surface area contributed by atoms with Gasteiger partial charge in [0, 0.05) is 16.3 Å². The SMILES string of the molecule is COC(=O)N(SC)c1ccccc1CON=C(C)c1ccc(Br)cc1. The summed E-state index contributed by atoms with van der Waals surface area (Å²) >= 11 is 4.68. The van der Waals surface area contributed by atoms with Crippen LogP contribution in [0.5, 0.6) is 0 Å². The first-order valence-corrected chi connectivity index (χ1v) is 9.47. The van der Waals surface area contributed by atoms with E-state index < -0.39 is 6.09 Å². The summed E-state index contributed by atoms with van der Waals surface area (Å²) in [5.41, 5.74) is 3.32. The summed E-state index contributed by atoms with van der Waals surface area (Å²) in [6.45, 7) is 2.13. The lowest BCUT2D eigenvalue weighted by Crippen LogP contribution is -2.24. The molecule has 7 heteroatoms. The van der Waals surface area contributed by atoms with Gasteiger partial charge in [0.2, 0.25) is 0 Å². The fraction of sp³-hybridized carbons (Fsp3) is 0.222. The molecule has 0 heterocycles. The van der Waals surface area contributed by atoms with E-state index in [1.54, 1.807) is 0 Å². The molecule has 0 spiro atoms. The molecule has 132 valence electrons. The van der Waals surface area contributed by atoms with Gasteiger partial charge in [-0.1, -0.05) is 51.4 Å². The van der Waals surface area contributed by atoms with Crippen LogP contribution in [0.3, 0.4) is 0 Å². The van der Waals surface area contributed by atoms with Crippen LogP contribution in [0, 0.1) is 0 Å². The van der Waals surface area contributed by atoms with Crippen molar-refractivity contribution in [3.8, 4) is 0 Å². The van der Waals surface area contributed by atoms with Crippen LogP contribution in [-0.2, 0) is 16.2 Å². The lowest BCUT2D eigenvalue weighted by atomic mass is 10.1. The molecule has 0 aliphatic carbocycles. The Morgan fingerprint density at radius 3 is 2.52 bits per heavy atom. The molecule has 0 unspecified atom stereocenters. The van der Waals surface area contributed by atoms with Gasteiger partial charge in [-0.05, 0) is 42.6 Å². The van der Waals surface area contributed by atoms with Gasteiger partial charge in [-0.15, -0.1) is 0 Å². The Hall–Kier alpha value is -1.99. The fourth-order valence-corrected chi connectivity index (χ4v) is 2.99. The molecular weight excluding hydrogens is 404 g/mol. The molecule has 0 aliphatic heterocycles. The topological polar surface area (TPSA) is 51.1 Å². The Balaban J connectivity index is 2.12. The summed E-state index contributed by atoms with van der Waals surface area (Å²) in [4.78, 5) is 17.4. The van der Waals surface area contributed by atoms with Crippen molar-refractivity contribution in [1.82, 2.24) is 0 Å². The first-order chi connectivity index (χ1) is 12.1. The number of nitrogens with zero attached hydrogens (tertiary/aromatic N) is 2. The van der Waals surface area contributed by atoms with E-state index >= 15 is 0 Å². The minimum absolute atomic E-state index is 0.248. The number of ether oxygens (including phenoxy) is 1. The summed E-state index contributed by atoms with van der Waals surface area (Å²) in [5, 5.41) is 4.17. The molecule has 0 aromatic heterocycles. The van der Waals surface area contributed by atoms with Crippen LogP contribution >= 0.6 is 27.9 Å². The summed E-state index contributed by atoms with van der Waals surface area (Å²) in [6, 6.07) is 15.3. The predicted molar refractivity (Wildman–Crippen MR) is 106 cm³/mol. The molecule has 0 bridgehead atoms. The number of hydrogen-bond acceptors (Lipinski definition) is 5. The van der Waals surface area contributed by atoms with Crippen LogP contribution < -0.4 is 4.31 Å². The largest absolute Gasteiger partial charge is 0.452 e. The van der Waals surface area contributed by atoms with Crippen molar-refractivity contribution in [2.45, 2.75) is 13.5 Å². The number of benzene rings is 2. The highest BCUT2D eigenvalue weighted by molar-refractivity contribution is 9.10. The zero-order valence-electron chi connectivity index (χ0n) is 14.2. The molecule has 0 atom stereocenters. The monoisotopic (exact) mass is 422 g/mol. The van der Waals surface area contributed by atoms with E-state index in [0.29, 0.717) is 0 Å². The third kappa shape index (κ3) is 5.24. The van der Waals surface area contributed by atoms with E-state index in [1.165, 1.54) is 23.4 Å². The lowest BCUT2D eigenvalue weighted by molar-refractivity contribution is 0.131. The number of hydrogen-bond donors (Lipinski definition) is 0. The minimum Gasteiger partial charge on any atom is -0.452 e. The zero-order valence-corrected chi connectivity index (χ0v) is 16.6. The van der Waals surface area contributed by atoms with Gasteiger partial charge in [0.25, 0.3) is 0 Å². The highest BCUT2D eigenvalue weighted by atomic mass is 79.9. The first kappa shape index (κ1) is 19.3. The number of methoxy groups -OCH3 is 1. The quantitative estimate of drug-likeness (QED) is 0.362. The van der Waals surface area contributed by atoms with Crippen molar-refractivity contribution in [2.75, 3.05) is 17.7 Å². The van der Waals surface area contributed by atoms with E-state index in [0.717, 1.165) is 27.0 Å². The van der Waals surface area contributed by atoms with E-state index in [-0.39, 0.29) is 6.61 Å². The molecule has 2 rings (SSSR count). The first-order valence-electron chi connectivity index (χ1n) is 7.49. The Morgan fingerprint density at radius 1 is 1.20 bits per heavy atom. The van der Waals surface area contributed by atoms with Gasteiger partial charge in [0.1, 0.15) is 6.61 Å². The summed E-state index contributed by atoms with van der Waals surface area (Å²) in [6.07, 6.45) is 1.37. The molecule has 2 aromatic carbocycles. The number of amides is 1. The number of halogens is 1. The third-order valence-corrected chi connectivity index (χ3v) is 4.66. The van der Waals surface area contributed by atoms with Crippen molar-refractivity contribution in [2.24, 2.45) is 5.16 Å². The Morgan fingerprint density at radius 2 is 1.88 bits per heavy atom. The molecule has 5 nitrogen and oxygen atoms in total. The van der Waals surface area contributed by atoms with Gasteiger partial charge in [0.15, 0.2) is 0 Å². The summed E-state index contributed by atoms with van der Waals surface area (Å²) in [5.74, 6) is 0. The van der Waals surface area contributed by atoms with Crippen LogP contribution in [0.15, 0.2) is 58.2 Å². The number of anilines is 1. The second-order valence-corrected chi connectivity index (χ2v) is 6.68. The van der Waals surface area contributed by atoms with E-state index in [9.17, 15) is 4.79 Å². The van der Waals surface area contributed by atoms with Gasteiger partial charge in [-0.3, -0.25) is 0 Å². The van der Waals surface area contributed by atoms with Gasteiger partial charge < -0.3 is 9.57 Å². The van der Waals surface area contributed by atoms with Gasteiger partial charge in [0.05, 0.1) is 18.5 Å². The molecule has 1 amide bonds. The van der Waals surface area contributed by atoms with Gasteiger partial charge in [-0.2, -0.15) is 0 Å². The smallest absolute Gasteiger partial charge is 0.424 e. The molecule has 0 saturated heterocycles. The molecule has 25 heavy (non-hydrogen) atoms. The molecular formula is C18H19BrN2O3S. The normalized spacial score (nSPS) is 11.1. The molecule has 2 aromatic rings. The van der Waals surface area contributed by atoms with Crippen molar-refractivity contribution in [3.63, 3.8) is 0 Å². The second kappa shape index (κ2) is 9.48. The molecule has 0 aliphatic rings. The number of carbonyl (C=O) groups excluding carboxylic acids is 1. The average Bonchev–Trinajstić information content (AvgIpc) is 2.63. The highest BCUT2D eigenvalue weighted by Gasteiger charge is 2.18. The lowest BCUT2D eigenvalue weighted by Gasteiger charge is -2.20. The number of rotatable bonds is 6. The average molecular weight is 423 g/mol. The maximum atomic E-state index is 11.9. The molecule has 0 N–H and O–H groups in total. The molecule has 0 saturated carbocycles.